The van der Waals surface area contributed by atoms with Crippen molar-refractivity contribution in [3.8, 4) is 11.3 Å². The number of amides is 1. The number of carbonyl (C=O) groups is 3. The molecule has 2 heterocycles. The molecule has 0 bridgehead atoms. The molecule has 0 spiro atoms. The average Bonchev–Trinajstić information content (AvgIpc) is 3.52. The first-order chi connectivity index (χ1) is 16.9. The van der Waals surface area contributed by atoms with Crippen LogP contribution in [0.15, 0.2) is 76.7 Å². The number of esters is 1. The van der Waals surface area contributed by atoms with Gasteiger partial charge in [0.2, 0.25) is 0 Å². The highest BCUT2D eigenvalue weighted by atomic mass is 16.5. The second-order valence-corrected chi connectivity index (χ2v) is 8.29. The number of aromatic nitrogens is 1. The van der Waals surface area contributed by atoms with Gasteiger partial charge in [0.15, 0.2) is 11.5 Å². The Bertz CT molecular complexity index is 1260. The van der Waals surface area contributed by atoms with Crippen LogP contribution in [0.3, 0.4) is 0 Å². The summed E-state index contributed by atoms with van der Waals surface area (Å²) in [4.78, 5) is 40.1. The summed E-state index contributed by atoms with van der Waals surface area (Å²) in [6.45, 7) is 3.99. The molecule has 0 saturated carbocycles. The molecule has 1 unspecified atom stereocenters. The highest BCUT2D eigenvalue weighted by Gasteiger charge is 2.46. The molecule has 0 fully saturated rings. The van der Waals surface area contributed by atoms with Gasteiger partial charge >= 0.3 is 5.97 Å². The number of nitrogens with zero attached hydrogens (tertiary/aromatic N) is 2. The Morgan fingerprint density at radius 3 is 2.20 bits per heavy atom. The number of carbonyl (C=O) groups excluding carboxylic acids is 3. The second-order valence-electron chi connectivity index (χ2n) is 8.29. The number of ketones is 1. The van der Waals surface area contributed by atoms with E-state index in [4.69, 9.17) is 9.26 Å². The number of aliphatic hydroxyl groups excluding tert-OH is 1. The lowest BCUT2D eigenvalue weighted by atomic mass is 9.85. The molecule has 1 atom stereocenters. The van der Waals surface area contributed by atoms with Crippen LogP contribution in [0, 0.1) is 5.92 Å². The molecule has 180 valence electrons. The Hall–Kier alpha value is -4.20. The van der Waals surface area contributed by atoms with Crippen LogP contribution in [0.2, 0.25) is 0 Å². The van der Waals surface area contributed by atoms with Gasteiger partial charge in [0.05, 0.1) is 24.3 Å². The van der Waals surface area contributed by atoms with Gasteiger partial charge in [0, 0.05) is 22.9 Å². The topological polar surface area (TPSA) is 110 Å². The van der Waals surface area contributed by atoms with Gasteiger partial charge in [-0.1, -0.05) is 56.1 Å². The first-order valence-electron chi connectivity index (χ1n) is 11.4. The van der Waals surface area contributed by atoms with Crippen LogP contribution in [0.4, 0.5) is 5.69 Å². The summed E-state index contributed by atoms with van der Waals surface area (Å²) in [5.41, 5.74) is 2.67. The summed E-state index contributed by atoms with van der Waals surface area (Å²) in [5.74, 6) is -2.20. The lowest BCUT2D eigenvalue weighted by Crippen LogP contribution is -2.42. The molecular formula is C27H26N2O6. The highest BCUT2D eigenvalue weighted by molar-refractivity contribution is 6.21. The zero-order valence-electron chi connectivity index (χ0n) is 19.7. The summed E-state index contributed by atoms with van der Waals surface area (Å²) in [7, 11) is 1.28. The minimum atomic E-state index is -0.636. The maximum Gasteiger partial charge on any atom is 0.337 e. The van der Waals surface area contributed by atoms with E-state index in [0.717, 1.165) is 5.56 Å². The van der Waals surface area contributed by atoms with Crippen molar-refractivity contribution in [3.63, 3.8) is 0 Å². The normalized spacial score (nSPS) is 15.7. The Morgan fingerprint density at radius 1 is 1.03 bits per heavy atom. The van der Waals surface area contributed by atoms with Crippen molar-refractivity contribution >= 4 is 23.3 Å². The first-order valence-corrected chi connectivity index (χ1v) is 11.4. The molecule has 0 aliphatic carbocycles. The summed E-state index contributed by atoms with van der Waals surface area (Å²) in [6.07, 6.45) is 2.88. The molecule has 4 rings (SSSR count). The van der Waals surface area contributed by atoms with Crippen molar-refractivity contribution in [2.24, 2.45) is 5.92 Å². The van der Waals surface area contributed by atoms with Gasteiger partial charge in [0.1, 0.15) is 12.0 Å². The van der Waals surface area contributed by atoms with Crippen molar-refractivity contribution < 1.29 is 28.8 Å². The SMILES string of the molecule is CCC(CC)C1C(C(=O)c2ccc(C(=O)OC)cc2)=C(O)C(=O)N1c1ccc(-c2ccon2)cc1. The molecule has 35 heavy (non-hydrogen) atoms. The lowest BCUT2D eigenvalue weighted by molar-refractivity contribution is -0.117. The Balaban J connectivity index is 1.72. The molecule has 0 saturated heterocycles. The molecule has 1 N–H and O–H groups in total. The fraction of sp³-hybridized carbons (Fsp3) is 0.259. The van der Waals surface area contributed by atoms with Gasteiger partial charge in [-0.05, 0) is 30.2 Å². The van der Waals surface area contributed by atoms with Crippen molar-refractivity contribution in [2.45, 2.75) is 32.7 Å². The number of hydrogen-bond donors (Lipinski definition) is 1. The zero-order chi connectivity index (χ0) is 25.1. The fourth-order valence-electron chi connectivity index (χ4n) is 4.51. The van der Waals surface area contributed by atoms with E-state index in [-0.39, 0.29) is 17.1 Å². The van der Waals surface area contributed by atoms with Crippen molar-refractivity contribution in [1.29, 1.82) is 0 Å². The quantitative estimate of drug-likeness (QED) is 0.362. The molecule has 1 aliphatic rings. The van der Waals surface area contributed by atoms with Crippen LogP contribution in [0.25, 0.3) is 11.3 Å². The third kappa shape index (κ3) is 4.35. The lowest BCUT2D eigenvalue weighted by Gasteiger charge is -2.32. The number of methoxy groups -OCH3 is 1. The van der Waals surface area contributed by atoms with Gasteiger partial charge in [0.25, 0.3) is 5.91 Å². The van der Waals surface area contributed by atoms with Crippen molar-refractivity contribution in [1.82, 2.24) is 5.16 Å². The van der Waals surface area contributed by atoms with E-state index in [1.807, 2.05) is 26.0 Å². The fourth-order valence-corrected chi connectivity index (χ4v) is 4.51. The standard InChI is InChI=1S/C27H26N2O6/c1-4-16(5-2)23-22(24(30)18-6-8-19(9-7-18)27(33)34-3)25(31)26(32)29(23)20-12-10-17(11-13-20)21-14-15-35-28-21/h6-16,23,31H,4-5H2,1-3H3. The Kier molecular flexibility index (Phi) is 6.82. The number of hydrogen-bond acceptors (Lipinski definition) is 7. The average molecular weight is 475 g/mol. The molecule has 1 aliphatic heterocycles. The Morgan fingerprint density at radius 2 is 1.66 bits per heavy atom. The van der Waals surface area contributed by atoms with Gasteiger partial charge in [-0.15, -0.1) is 0 Å². The van der Waals surface area contributed by atoms with Gasteiger partial charge in [-0.3, -0.25) is 14.5 Å². The van der Waals surface area contributed by atoms with Gasteiger partial charge < -0.3 is 14.4 Å². The number of Topliss-reactive ketones (excluding diaryl/α,β-unsaturated/α-hetero) is 1. The summed E-state index contributed by atoms with van der Waals surface area (Å²) in [5, 5.41) is 14.8. The molecule has 1 aromatic heterocycles. The molecule has 1 amide bonds. The minimum absolute atomic E-state index is 0.0629. The third-order valence-electron chi connectivity index (χ3n) is 6.44. The predicted octanol–water partition coefficient (Wildman–Crippen LogP) is 4.97. The van der Waals surface area contributed by atoms with Crippen LogP contribution in [-0.2, 0) is 9.53 Å². The maximum atomic E-state index is 13.6. The first kappa shape index (κ1) is 23.9. The van der Waals surface area contributed by atoms with Crippen LogP contribution in [-0.4, -0.2) is 41.1 Å². The number of benzene rings is 2. The molecule has 8 nitrogen and oxygen atoms in total. The smallest absolute Gasteiger partial charge is 0.337 e. The largest absolute Gasteiger partial charge is 0.503 e. The van der Waals surface area contributed by atoms with E-state index in [2.05, 4.69) is 5.16 Å². The van der Waals surface area contributed by atoms with Gasteiger partial charge in [-0.2, -0.15) is 0 Å². The van der Waals surface area contributed by atoms with Crippen LogP contribution in [0.1, 0.15) is 47.4 Å². The number of rotatable bonds is 8. The second kappa shape index (κ2) is 9.97. The minimum Gasteiger partial charge on any atom is -0.503 e. The molecule has 8 heteroatoms. The van der Waals surface area contributed by atoms with Crippen LogP contribution < -0.4 is 4.90 Å². The molecule has 3 aromatic rings. The van der Waals surface area contributed by atoms with Crippen LogP contribution in [0.5, 0.6) is 0 Å². The van der Waals surface area contributed by atoms with E-state index in [1.54, 1.807) is 18.2 Å². The van der Waals surface area contributed by atoms with Crippen molar-refractivity contribution in [3.05, 3.63) is 83.3 Å². The van der Waals surface area contributed by atoms with E-state index >= 15 is 0 Å². The Labute approximate surface area is 202 Å². The van der Waals surface area contributed by atoms with E-state index < -0.39 is 29.5 Å². The van der Waals surface area contributed by atoms with Crippen molar-refractivity contribution in [2.75, 3.05) is 12.0 Å². The predicted molar refractivity (Wildman–Crippen MR) is 129 cm³/mol. The van der Waals surface area contributed by atoms with E-state index in [0.29, 0.717) is 29.8 Å². The van der Waals surface area contributed by atoms with E-state index in [1.165, 1.54) is 42.5 Å². The molecular weight excluding hydrogens is 448 g/mol. The number of anilines is 1. The highest BCUT2D eigenvalue weighted by Crippen LogP contribution is 2.38. The van der Waals surface area contributed by atoms with E-state index in [9.17, 15) is 19.5 Å². The molecule has 0 radical (unpaired) electrons. The number of ether oxygens (including phenoxy) is 1. The monoisotopic (exact) mass is 474 g/mol. The summed E-state index contributed by atoms with van der Waals surface area (Å²) < 4.78 is 9.61. The maximum absolute atomic E-state index is 13.6. The van der Waals surface area contributed by atoms with Gasteiger partial charge in [-0.25, -0.2) is 4.79 Å². The molecule has 2 aromatic carbocycles. The third-order valence-corrected chi connectivity index (χ3v) is 6.44. The zero-order valence-corrected chi connectivity index (χ0v) is 19.7. The summed E-state index contributed by atoms with van der Waals surface area (Å²) in [6, 6.07) is 14.2. The summed E-state index contributed by atoms with van der Waals surface area (Å²) >= 11 is 0. The van der Waals surface area contributed by atoms with Crippen LogP contribution >= 0.6 is 0 Å². The number of aliphatic hydroxyl groups is 1.